The topological polar surface area (TPSA) is 132 Å². The molecule has 0 saturated carbocycles. The third-order valence-corrected chi connectivity index (χ3v) is 6.77. The molecular formula is C29H37N7O5. The molecule has 2 N–H and O–H groups in total. The van der Waals surface area contributed by atoms with Gasteiger partial charge in [0.15, 0.2) is 11.2 Å². The average molecular weight is 564 g/mol. The maximum absolute atomic E-state index is 13.7. The number of amides is 2. The van der Waals surface area contributed by atoms with Crippen molar-refractivity contribution < 1.29 is 14.3 Å². The van der Waals surface area contributed by atoms with Gasteiger partial charge in [-0.25, -0.2) is 14.2 Å². The number of carbonyl (C=O) groups is 2. The van der Waals surface area contributed by atoms with Crippen LogP contribution in [0.4, 0.5) is 16.4 Å². The summed E-state index contributed by atoms with van der Waals surface area (Å²) in [6.07, 6.45) is 1.03. The molecule has 4 rings (SSSR count). The van der Waals surface area contributed by atoms with Gasteiger partial charge in [-0.3, -0.25) is 18.7 Å². The Morgan fingerprint density at radius 2 is 1.90 bits per heavy atom. The van der Waals surface area contributed by atoms with Crippen molar-refractivity contribution in [2.45, 2.75) is 72.2 Å². The number of para-hydroxylation sites is 1. The first-order chi connectivity index (χ1) is 19.4. The number of imidazole rings is 1. The number of anilines is 2. The molecule has 1 aromatic carbocycles. The van der Waals surface area contributed by atoms with E-state index in [9.17, 15) is 19.2 Å². The number of ether oxygens (including phenoxy) is 1. The van der Waals surface area contributed by atoms with Gasteiger partial charge in [-0.1, -0.05) is 24.1 Å². The standard InChI is InChI=1S/C29H37N7O5/c1-7-8-16-35-23-24(32-26(35)34-15-11-13-20(17-34)30-27(39)41-29(3,4)5)33(6)28(40)36(25(23)38)18-22(37)31-21-14-10-9-12-19(21)2/h9-10,12,14,20H,11,13,15-18H2,1-6H3,(H,30,39)(H,31,37)/t20-/m1/s1. The van der Waals surface area contributed by atoms with Crippen molar-refractivity contribution in [3.8, 4) is 11.8 Å². The van der Waals surface area contributed by atoms with Crippen LogP contribution in [0.2, 0.25) is 0 Å². The van der Waals surface area contributed by atoms with Gasteiger partial charge in [-0.15, -0.1) is 5.92 Å². The van der Waals surface area contributed by atoms with E-state index in [1.807, 2.05) is 24.0 Å². The van der Waals surface area contributed by atoms with Gasteiger partial charge in [-0.05, 0) is 59.1 Å². The highest BCUT2D eigenvalue weighted by atomic mass is 16.6. The number of rotatable bonds is 6. The smallest absolute Gasteiger partial charge is 0.407 e. The van der Waals surface area contributed by atoms with E-state index in [0.717, 1.165) is 23.0 Å². The van der Waals surface area contributed by atoms with Crippen molar-refractivity contribution in [3.05, 3.63) is 50.7 Å². The van der Waals surface area contributed by atoms with Gasteiger partial charge in [0.25, 0.3) is 5.56 Å². The fourth-order valence-electron chi connectivity index (χ4n) is 4.85. The van der Waals surface area contributed by atoms with Gasteiger partial charge >= 0.3 is 11.8 Å². The molecule has 12 heteroatoms. The van der Waals surface area contributed by atoms with Crippen molar-refractivity contribution in [2.24, 2.45) is 7.05 Å². The molecule has 1 aliphatic rings. The van der Waals surface area contributed by atoms with Crippen LogP contribution < -0.4 is 26.8 Å². The quantitative estimate of drug-likeness (QED) is 0.440. The summed E-state index contributed by atoms with van der Waals surface area (Å²) in [5, 5.41) is 5.70. The highest BCUT2D eigenvalue weighted by Crippen LogP contribution is 2.23. The summed E-state index contributed by atoms with van der Waals surface area (Å²) in [4.78, 5) is 59.0. The van der Waals surface area contributed by atoms with Gasteiger partial charge in [0.1, 0.15) is 12.1 Å². The van der Waals surface area contributed by atoms with E-state index in [1.165, 1.54) is 11.6 Å². The second kappa shape index (κ2) is 11.9. The second-order valence-electron chi connectivity index (χ2n) is 11.1. The Kier molecular flexibility index (Phi) is 8.56. The molecule has 2 aromatic heterocycles. The number of nitrogens with one attached hydrogen (secondary N) is 2. The van der Waals surface area contributed by atoms with E-state index < -0.39 is 35.4 Å². The Morgan fingerprint density at radius 3 is 2.59 bits per heavy atom. The molecule has 41 heavy (non-hydrogen) atoms. The maximum Gasteiger partial charge on any atom is 0.407 e. The second-order valence-corrected chi connectivity index (χ2v) is 11.1. The number of piperidine rings is 1. The van der Waals surface area contributed by atoms with Crippen LogP contribution in [0, 0.1) is 18.8 Å². The summed E-state index contributed by atoms with van der Waals surface area (Å²) in [5.41, 5.74) is -0.0517. The summed E-state index contributed by atoms with van der Waals surface area (Å²) < 4.78 is 9.29. The van der Waals surface area contributed by atoms with Gasteiger partial charge < -0.3 is 20.3 Å². The molecule has 0 unspecified atom stereocenters. The molecule has 1 aliphatic heterocycles. The summed E-state index contributed by atoms with van der Waals surface area (Å²) in [5.74, 6) is 5.81. The van der Waals surface area contributed by atoms with Crippen LogP contribution in [0.5, 0.6) is 0 Å². The Balaban J connectivity index is 1.70. The first-order valence-electron chi connectivity index (χ1n) is 13.6. The van der Waals surface area contributed by atoms with Crippen molar-refractivity contribution in [1.29, 1.82) is 0 Å². The Hall–Kier alpha value is -4.53. The lowest BCUT2D eigenvalue weighted by atomic mass is 10.1. The number of aromatic nitrogens is 4. The highest BCUT2D eigenvalue weighted by molar-refractivity contribution is 5.91. The summed E-state index contributed by atoms with van der Waals surface area (Å²) in [6, 6.07) is 7.06. The molecular weight excluding hydrogens is 526 g/mol. The molecule has 218 valence electrons. The zero-order valence-electron chi connectivity index (χ0n) is 24.4. The van der Waals surface area contributed by atoms with E-state index in [2.05, 4.69) is 22.5 Å². The van der Waals surface area contributed by atoms with Crippen molar-refractivity contribution in [1.82, 2.24) is 24.0 Å². The van der Waals surface area contributed by atoms with Gasteiger partial charge in [0, 0.05) is 31.9 Å². The fourth-order valence-corrected chi connectivity index (χ4v) is 4.85. The van der Waals surface area contributed by atoms with Crippen LogP contribution in [0.1, 0.15) is 46.1 Å². The lowest BCUT2D eigenvalue weighted by Crippen LogP contribution is -2.49. The first-order valence-corrected chi connectivity index (χ1v) is 13.6. The zero-order chi connectivity index (χ0) is 29.9. The number of aryl methyl sites for hydroxylation is 2. The minimum Gasteiger partial charge on any atom is -0.444 e. The number of nitrogens with zero attached hydrogens (tertiary/aromatic N) is 5. The minimum absolute atomic E-state index is 0.159. The molecule has 1 fully saturated rings. The number of hydrogen-bond donors (Lipinski definition) is 2. The molecule has 0 radical (unpaired) electrons. The highest BCUT2D eigenvalue weighted by Gasteiger charge is 2.29. The largest absolute Gasteiger partial charge is 0.444 e. The minimum atomic E-state index is -0.650. The Bertz CT molecular complexity index is 1650. The summed E-state index contributed by atoms with van der Waals surface area (Å²) in [7, 11) is 1.52. The average Bonchev–Trinajstić information content (AvgIpc) is 3.29. The van der Waals surface area contributed by atoms with E-state index in [1.54, 1.807) is 44.4 Å². The molecule has 0 spiro atoms. The Morgan fingerprint density at radius 1 is 1.17 bits per heavy atom. The predicted molar refractivity (Wildman–Crippen MR) is 157 cm³/mol. The molecule has 1 saturated heterocycles. The van der Waals surface area contributed by atoms with Crippen molar-refractivity contribution in [2.75, 3.05) is 23.3 Å². The zero-order valence-corrected chi connectivity index (χ0v) is 24.4. The SMILES string of the molecule is CC#CCn1c(N2CCC[C@@H](NC(=O)OC(C)(C)C)C2)nc2c1c(=O)n(CC(=O)Nc1ccccc1C)c(=O)n2C. The third kappa shape index (κ3) is 6.62. The monoisotopic (exact) mass is 563 g/mol. The van der Waals surface area contributed by atoms with E-state index >= 15 is 0 Å². The molecule has 2 amide bonds. The predicted octanol–water partition coefficient (Wildman–Crippen LogP) is 2.36. The molecule has 3 aromatic rings. The molecule has 12 nitrogen and oxygen atoms in total. The fraction of sp³-hybridized carbons (Fsp3) is 0.483. The number of alkyl carbamates (subject to hydrolysis) is 1. The molecule has 1 atom stereocenters. The molecule has 3 heterocycles. The Labute approximate surface area is 238 Å². The lowest BCUT2D eigenvalue weighted by molar-refractivity contribution is -0.116. The van der Waals surface area contributed by atoms with Crippen LogP contribution in [-0.2, 0) is 29.7 Å². The van der Waals surface area contributed by atoms with Gasteiger partial charge in [-0.2, -0.15) is 4.98 Å². The van der Waals surface area contributed by atoms with Crippen LogP contribution in [0.25, 0.3) is 11.2 Å². The van der Waals surface area contributed by atoms with E-state index in [-0.39, 0.29) is 23.8 Å². The van der Waals surface area contributed by atoms with Crippen LogP contribution in [-0.4, -0.2) is 55.4 Å². The summed E-state index contributed by atoms with van der Waals surface area (Å²) >= 11 is 0. The lowest BCUT2D eigenvalue weighted by Gasteiger charge is -2.34. The number of carbonyl (C=O) groups excluding carboxylic acids is 2. The van der Waals surface area contributed by atoms with E-state index in [4.69, 9.17) is 9.72 Å². The first kappa shape index (κ1) is 29.5. The maximum atomic E-state index is 13.7. The van der Waals surface area contributed by atoms with Crippen LogP contribution in [0.15, 0.2) is 33.9 Å². The number of benzene rings is 1. The van der Waals surface area contributed by atoms with Crippen LogP contribution >= 0.6 is 0 Å². The third-order valence-electron chi connectivity index (χ3n) is 6.77. The summed E-state index contributed by atoms with van der Waals surface area (Å²) in [6.45, 7) is 9.74. The van der Waals surface area contributed by atoms with Gasteiger partial charge in [0.05, 0.1) is 6.54 Å². The van der Waals surface area contributed by atoms with Gasteiger partial charge in [0.2, 0.25) is 11.9 Å². The van der Waals surface area contributed by atoms with Crippen LogP contribution in [0.3, 0.4) is 0 Å². The normalized spacial score (nSPS) is 15.3. The number of hydrogen-bond acceptors (Lipinski definition) is 7. The number of fused-ring (bicyclic) bond motifs is 1. The van der Waals surface area contributed by atoms with Crippen molar-refractivity contribution in [3.63, 3.8) is 0 Å². The van der Waals surface area contributed by atoms with E-state index in [0.29, 0.717) is 24.7 Å². The molecule has 0 bridgehead atoms. The molecule has 0 aliphatic carbocycles. The van der Waals surface area contributed by atoms with Crippen molar-refractivity contribution >= 4 is 34.8 Å².